The number of aliphatic hydroxyl groups is 1. The largest absolute Gasteiger partial charge is 0.393 e. The highest BCUT2D eigenvalue weighted by atomic mass is 16.5. The van der Waals surface area contributed by atoms with Crippen LogP contribution in [0.3, 0.4) is 0 Å². The molecule has 0 aromatic carbocycles. The fourth-order valence-electron chi connectivity index (χ4n) is 3.18. The second-order valence-electron chi connectivity index (χ2n) is 7.67. The standard InChI is InChI=1S/C19H27N3O3/c1-10(2)17-16-14(18(24)20-9-11(3)7-12(4)23)8-15(13-5-6-13)21-19(16)25-22-17/h8,10-13,23H,5-7,9H2,1-4H3,(H,20,24). The van der Waals surface area contributed by atoms with Gasteiger partial charge in [0.1, 0.15) is 0 Å². The Hall–Kier alpha value is -1.95. The second kappa shape index (κ2) is 7.12. The minimum atomic E-state index is -0.369. The Balaban J connectivity index is 1.89. The quantitative estimate of drug-likeness (QED) is 0.803. The van der Waals surface area contributed by atoms with Crippen molar-refractivity contribution in [3.8, 4) is 0 Å². The summed E-state index contributed by atoms with van der Waals surface area (Å²) in [4.78, 5) is 17.4. The van der Waals surface area contributed by atoms with Gasteiger partial charge in [0.2, 0.25) is 0 Å². The number of hydrogen-bond acceptors (Lipinski definition) is 5. The maximum Gasteiger partial charge on any atom is 0.259 e. The molecule has 0 spiro atoms. The van der Waals surface area contributed by atoms with Crippen molar-refractivity contribution in [2.75, 3.05) is 6.54 Å². The minimum absolute atomic E-state index is 0.128. The van der Waals surface area contributed by atoms with Gasteiger partial charge < -0.3 is 14.9 Å². The summed E-state index contributed by atoms with van der Waals surface area (Å²) in [5, 5.41) is 17.3. The molecule has 25 heavy (non-hydrogen) atoms. The Kier molecular flexibility index (Phi) is 5.08. The first-order chi connectivity index (χ1) is 11.9. The fraction of sp³-hybridized carbons (Fsp3) is 0.632. The van der Waals surface area contributed by atoms with Gasteiger partial charge in [0.25, 0.3) is 11.6 Å². The third kappa shape index (κ3) is 4.00. The zero-order chi connectivity index (χ0) is 18.1. The zero-order valence-corrected chi connectivity index (χ0v) is 15.4. The Labute approximate surface area is 148 Å². The Bertz CT molecular complexity index is 763. The number of aromatic nitrogens is 2. The van der Waals surface area contributed by atoms with Gasteiger partial charge in [-0.15, -0.1) is 0 Å². The maximum absolute atomic E-state index is 12.8. The van der Waals surface area contributed by atoms with E-state index in [-0.39, 0.29) is 23.8 Å². The third-order valence-electron chi connectivity index (χ3n) is 4.63. The van der Waals surface area contributed by atoms with Crippen LogP contribution in [0.15, 0.2) is 10.6 Å². The van der Waals surface area contributed by atoms with Crippen LogP contribution in [-0.4, -0.2) is 33.8 Å². The number of nitrogens with one attached hydrogen (secondary N) is 1. The molecule has 2 unspecified atom stereocenters. The number of aliphatic hydroxyl groups excluding tert-OH is 1. The lowest BCUT2D eigenvalue weighted by atomic mass is 10.0. The molecular formula is C19H27N3O3. The maximum atomic E-state index is 12.8. The summed E-state index contributed by atoms with van der Waals surface area (Å²) >= 11 is 0. The lowest BCUT2D eigenvalue weighted by Gasteiger charge is -2.15. The van der Waals surface area contributed by atoms with Crippen molar-refractivity contribution in [1.29, 1.82) is 0 Å². The van der Waals surface area contributed by atoms with Crippen LogP contribution in [-0.2, 0) is 0 Å². The summed E-state index contributed by atoms with van der Waals surface area (Å²) in [6, 6.07) is 1.90. The third-order valence-corrected chi connectivity index (χ3v) is 4.63. The fourth-order valence-corrected chi connectivity index (χ4v) is 3.18. The second-order valence-corrected chi connectivity index (χ2v) is 7.67. The van der Waals surface area contributed by atoms with Crippen LogP contribution in [0.5, 0.6) is 0 Å². The Morgan fingerprint density at radius 1 is 1.36 bits per heavy atom. The van der Waals surface area contributed by atoms with Crippen LogP contribution < -0.4 is 5.32 Å². The first-order valence-corrected chi connectivity index (χ1v) is 9.13. The van der Waals surface area contributed by atoms with E-state index in [1.54, 1.807) is 6.92 Å². The predicted molar refractivity (Wildman–Crippen MR) is 95.7 cm³/mol. The molecule has 0 aliphatic heterocycles. The van der Waals surface area contributed by atoms with E-state index < -0.39 is 0 Å². The molecule has 2 aromatic rings. The van der Waals surface area contributed by atoms with Gasteiger partial charge in [0, 0.05) is 18.2 Å². The molecule has 0 saturated heterocycles. The highest BCUT2D eigenvalue weighted by Gasteiger charge is 2.29. The van der Waals surface area contributed by atoms with E-state index in [1.165, 1.54) is 0 Å². The molecule has 2 atom stereocenters. The van der Waals surface area contributed by atoms with Crippen molar-refractivity contribution < 1.29 is 14.4 Å². The van der Waals surface area contributed by atoms with Gasteiger partial charge in [-0.05, 0) is 44.1 Å². The number of fused-ring (bicyclic) bond motifs is 1. The van der Waals surface area contributed by atoms with E-state index in [9.17, 15) is 9.90 Å². The van der Waals surface area contributed by atoms with Gasteiger partial charge in [0.05, 0.1) is 22.7 Å². The molecule has 1 fully saturated rings. The predicted octanol–water partition coefficient (Wildman–Crippen LogP) is 3.36. The van der Waals surface area contributed by atoms with Gasteiger partial charge in [-0.3, -0.25) is 4.79 Å². The van der Waals surface area contributed by atoms with Crippen LogP contribution in [0.25, 0.3) is 11.1 Å². The summed E-state index contributed by atoms with van der Waals surface area (Å²) in [6.45, 7) is 8.36. The number of nitrogens with zero attached hydrogens (tertiary/aromatic N) is 2. The lowest BCUT2D eigenvalue weighted by molar-refractivity contribution is 0.0940. The van der Waals surface area contributed by atoms with E-state index in [1.807, 2.05) is 26.8 Å². The van der Waals surface area contributed by atoms with Gasteiger partial charge in [-0.2, -0.15) is 0 Å². The number of rotatable bonds is 7. The molecule has 6 nitrogen and oxygen atoms in total. The van der Waals surface area contributed by atoms with Crippen molar-refractivity contribution in [1.82, 2.24) is 15.5 Å². The summed E-state index contributed by atoms with van der Waals surface area (Å²) in [6.07, 6.45) is 2.50. The minimum Gasteiger partial charge on any atom is -0.393 e. The van der Waals surface area contributed by atoms with Crippen LogP contribution in [0.4, 0.5) is 0 Å². The molecule has 1 saturated carbocycles. The topological polar surface area (TPSA) is 88.2 Å². The van der Waals surface area contributed by atoms with Gasteiger partial charge in [0.15, 0.2) is 0 Å². The van der Waals surface area contributed by atoms with E-state index in [4.69, 9.17) is 4.52 Å². The van der Waals surface area contributed by atoms with Crippen molar-refractivity contribution in [2.45, 2.75) is 64.9 Å². The molecule has 1 aliphatic carbocycles. The average molecular weight is 345 g/mol. The molecule has 2 aromatic heterocycles. The van der Waals surface area contributed by atoms with Crippen LogP contribution >= 0.6 is 0 Å². The molecule has 6 heteroatoms. The number of hydrogen-bond donors (Lipinski definition) is 2. The molecule has 0 radical (unpaired) electrons. The number of pyridine rings is 1. The molecular weight excluding hydrogens is 318 g/mol. The van der Waals surface area contributed by atoms with Crippen molar-refractivity contribution in [3.63, 3.8) is 0 Å². The van der Waals surface area contributed by atoms with E-state index >= 15 is 0 Å². The first-order valence-electron chi connectivity index (χ1n) is 9.13. The van der Waals surface area contributed by atoms with E-state index in [0.717, 1.165) is 29.6 Å². The normalized spacial score (nSPS) is 17.0. The monoisotopic (exact) mass is 345 g/mol. The van der Waals surface area contributed by atoms with Crippen molar-refractivity contribution in [2.24, 2.45) is 5.92 Å². The number of carbonyl (C=O) groups is 1. The molecule has 3 rings (SSSR count). The summed E-state index contributed by atoms with van der Waals surface area (Å²) in [5.41, 5.74) is 2.74. The number of carbonyl (C=O) groups excluding carboxylic acids is 1. The zero-order valence-electron chi connectivity index (χ0n) is 15.4. The van der Waals surface area contributed by atoms with E-state index in [0.29, 0.717) is 30.2 Å². The first kappa shape index (κ1) is 17.9. The highest BCUT2D eigenvalue weighted by Crippen LogP contribution is 2.41. The Morgan fingerprint density at radius 3 is 2.68 bits per heavy atom. The summed E-state index contributed by atoms with van der Waals surface area (Å²) in [7, 11) is 0. The van der Waals surface area contributed by atoms with Crippen LogP contribution in [0.1, 0.15) is 80.5 Å². The smallest absolute Gasteiger partial charge is 0.259 e. The summed E-state index contributed by atoms with van der Waals surface area (Å²) in [5.74, 6) is 0.654. The van der Waals surface area contributed by atoms with E-state index in [2.05, 4.69) is 15.5 Å². The SMILES string of the molecule is CC(O)CC(C)CNC(=O)c1cc(C2CC2)nc2onc(C(C)C)c12. The average Bonchev–Trinajstić information content (AvgIpc) is 3.30. The van der Waals surface area contributed by atoms with Gasteiger partial charge in [-0.25, -0.2) is 4.98 Å². The lowest BCUT2D eigenvalue weighted by Crippen LogP contribution is -2.30. The molecule has 1 aliphatic rings. The van der Waals surface area contributed by atoms with Gasteiger partial charge in [-0.1, -0.05) is 25.9 Å². The van der Waals surface area contributed by atoms with Gasteiger partial charge >= 0.3 is 0 Å². The molecule has 0 bridgehead atoms. The van der Waals surface area contributed by atoms with Crippen LogP contribution in [0, 0.1) is 5.92 Å². The van der Waals surface area contributed by atoms with Crippen molar-refractivity contribution in [3.05, 3.63) is 23.0 Å². The number of amides is 1. The molecule has 1 amide bonds. The molecule has 2 heterocycles. The molecule has 2 N–H and O–H groups in total. The van der Waals surface area contributed by atoms with Crippen LogP contribution in [0.2, 0.25) is 0 Å². The highest BCUT2D eigenvalue weighted by molar-refractivity contribution is 6.06. The summed E-state index contributed by atoms with van der Waals surface area (Å²) < 4.78 is 5.42. The Morgan fingerprint density at radius 2 is 2.08 bits per heavy atom. The van der Waals surface area contributed by atoms with Crippen molar-refractivity contribution >= 4 is 17.0 Å². The molecule has 136 valence electrons.